The van der Waals surface area contributed by atoms with Crippen LogP contribution in [0.5, 0.6) is 0 Å². The van der Waals surface area contributed by atoms with Crippen molar-refractivity contribution >= 4 is 11.8 Å². The molecule has 0 saturated heterocycles. The summed E-state index contributed by atoms with van der Waals surface area (Å²) in [6, 6.07) is 11.9. The van der Waals surface area contributed by atoms with Crippen LogP contribution in [0.3, 0.4) is 0 Å². The van der Waals surface area contributed by atoms with Gasteiger partial charge in [0, 0.05) is 33.9 Å². The van der Waals surface area contributed by atoms with Crippen LogP contribution in [0.4, 0.5) is 5.82 Å². The molecule has 1 heterocycles. The molecular formula is C24H35N7O. The highest BCUT2D eigenvalue weighted by molar-refractivity contribution is 5.79. The number of methoxy groups -OCH3 is 1. The Hall–Kier alpha value is -3.05. The summed E-state index contributed by atoms with van der Waals surface area (Å²) in [7, 11) is 3.56. The van der Waals surface area contributed by atoms with Crippen LogP contribution in [0.1, 0.15) is 49.8 Å². The molecule has 32 heavy (non-hydrogen) atoms. The first-order valence-electron chi connectivity index (χ1n) is 11.4. The fourth-order valence-electron chi connectivity index (χ4n) is 4.45. The highest BCUT2D eigenvalue weighted by atomic mass is 16.5. The van der Waals surface area contributed by atoms with Crippen LogP contribution in [0.25, 0.3) is 5.69 Å². The summed E-state index contributed by atoms with van der Waals surface area (Å²) < 4.78 is 6.97. The van der Waals surface area contributed by atoms with Gasteiger partial charge < -0.3 is 21.1 Å². The molecule has 1 fully saturated rings. The number of hydrogen-bond acceptors (Lipinski definition) is 5. The number of nitrogens with one attached hydrogen (secondary N) is 2. The van der Waals surface area contributed by atoms with E-state index in [0.717, 1.165) is 49.9 Å². The number of nitriles is 1. The number of benzene rings is 1. The molecule has 0 radical (unpaired) electrons. The largest absolute Gasteiger partial charge is 0.385 e. The second-order valence-electron chi connectivity index (χ2n) is 8.47. The van der Waals surface area contributed by atoms with Crippen molar-refractivity contribution < 1.29 is 4.74 Å². The molecule has 1 aromatic carbocycles. The molecule has 8 nitrogen and oxygen atoms in total. The van der Waals surface area contributed by atoms with Gasteiger partial charge in [-0.2, -0.15) is 10.4 Å². The number of aliphatic imine (C=N–C) groups is 1. The van der Waals surface area contributed by atoms with Gasteiger partial charge in [-0.3, -0.25) is 4.99 Å². The zero-order valence-electron chi connectivity index (χ0n) is 19.2. The lowest BCUT2D eigenvalue weighted by Crippen LogP contribution is -2.43. The van der Waals surface area contributed by atoms with E-state index >= 15 is 0 Å². The number of aromatic nitrogens is 2. The van der Waals surface area contributed by atoms with Gasteiger partial charge >= 0.3 is 0 Å². The second kappa shape index (κ2) is 11.5. The molecule has 0 bridgehead atoms. The summed E-state index contributed by atoms with van der Waals surface area (Å²) in [5.74, 6) is 1.19. The standard InChI is InChI=1S/C24H35N7O/c1-27-23(29-18-24(14-16-32-2)12-6-7-13-24)28-15-8-11-21-20(17-25)22(26)31(30-21)19-9-4-3-5-10-19/h3-5,9-10H,6-8,11-16,18,26H2,1-2H3,(H2,27,28,29). The van der Waals surface area contributed by atoms with Crippen LogP contribution in [-0.4, -0.2) is 49.6 Å². The SMILES string of the molecule is CN=C(NCCCc1nn(-c2ccccc2)c(N)c1C#N)NCC1(CCOC)CCCC1. The number of nitrogen functional groups attached to an aromatic ring is 1. The molecule has 4 N–H and O–H groups in total. The number of anilines is 1. The fourth-order valence-corrected chi connectivity index (χ4v) is 4.45. The van der Waals surface area contributed by atoms with Crippen molar-refractivity contribution in [2.45, 2.75) is 44.9 Å². The topological polar surface area (TPSA) is 113 Å². The van der Waals surface area contributed by atoms with E-state index in [1.54, 1.807) is 18.8 Å². The van der Waals surface area contributed by atoms with Gasteiger partial charge in [0.2, 0.25) is 0 Å². The predicted molar refractivity (Wildman–Crippen MR) is 128 cm³/mol. The number of aryl methyl sites for hydroxylation is 1. The van der Waals surface area contributed by atoms with Gasteiger partial charge in [0.15, 0.2) is 5.96 Å². The lowest BCUT2D eigenvalue weighted by molar-refractivity contribution is 0.138. The summed E-state index contributed by atoms with van der Waals surface area (Å²) in [5.41, 5.74) is 8.53. The normalized spacial score (nSPS) is 15.5. The number of ether oxygens (including phenoxy) is 1. The van der Waals surface area contributed by atoms with Crippen molar-refractivity contribution in [2.75, 3.05) is 39.6 Å². The lowest BCUT2D eigenvalue weighted by Gasteiger charge is -2.30. The van der Waals surface area contributed by atoms with E-state index in [0.29, 0.717) is 23.2 Å². The minimum absolute atomic E-state index is 0.303. The number of guanidine groups is 1. The van der Waals surface area contributed by atoms with Crippen LogP contribution in [0.2, 0.25) is 0 Å². The Morgan fingerprint density at radius 1 is 1.28 bits per heavy atom. The third-order valence-electron chi connectivity index (χ3n) is 6.34. The molecule has 3 rings (SSSR count). The average molecular weight is 438 g/mol. The van der Waals surface area contributed by atoms with Gasteiger partial charge in [0.1, 0.15) is 17.5 Å². The maximum atomic E-state index is 9.56. The van der Waals surface area contributed by atoms with Crippen molar-refractivity contribution in [1.29, 1.82) is 5.26 Å². The van der Waals surface area contributed by atoms with Crippen LogP contribution < -0.4 is 16.4 Å². The molecule has 8 heteroatoms. The number of hydrogen-bond donors (Lipinski definition) is 3. The third kappa shape index (κ3) is 5.80. The number of nitrogens with two attached hydrogens (primary N) is 1. The van der Waals surface area contributed by atoms with Crippen molar-refractivity contribution in [3.63, 3.8) is 0 Å². The van der Waals surface area contributed by atoms with Gasteiger partial charge in [-0.25, -0.2) is 4.68 Å². The molecule has 0 unspecified atom stereocenters. The first-order chi connectivity index (χ1) is 15.6. The lowest BCUT2D eigenvalue weighted by atomic mass is 9.83. The minimum atomic E-state index is 0.303. The van der Waals surface area contributed by atoms with E-state index < -0.39 is 0 Å². The quantitative estimate of drug-likeness (QED) is 0.299. The van der Waals surface area contributed by atoms with E-state index in [-0.39, 0.29) is 0 Å². The van der Waals surface area contributed by atoms with Gasteiger partial charge in [-0.1, -0.05) is 31.0 Å². The van der Waals surface area contributed by atoms with Gasteiger partial charge in [0.05, 0.1) is 11.4 Å². The predicted octanol–water partition coefficient (Wildman–Crippen LogP) is 3.02. The minimum Gasteiger partial charge on any atom is -0.385 e. The second-order valence-corrected chi connectivity index (χ2v) is 8.47. The third-order valence-corrected chi connectivity index (χ3v) is 6.34. The van der Waals surface area contributed by atoms with Gasteiger partial charge in [-0.15, -0.1) is 0 Å². The Balaban J connectivity index is 1.51. The summed E-state index contributed by atoms with van der Waals surface area (Å²) in [6.07, 6.45) is 7.61. The van der Waals surface area contributed by atoms with E-state index in [9.17, 15) is 5.26 Å². The Morgan fingerprint density at radius 2 is 2.03 bits per heavy atom. The first kappa shape index (κ1) is 23.6. The van der Waals surface area contributed by atoms with Crippen molar-refractivity contribution in [2.24, 2.45) is 10.4 Å². The van der Waals surface area contributed by atoms with Gasteiger partial charge in [0.25, 0.3) is 0 Å². The highest BCUT2D eigenvalue weighted by Crippen LogP contribution is 2.40. The summed E-state index contributed by atoms with van der Waals surface area (Å²) >= 11 is 0. The molecule has 0 spiro atoms. The number of rotatable bonds is 10. The molecule has 1 aromatic heterocycles. The van der Waals surface area contributed by atoms with Crippen LogP contribution in [-0.2, 0) is 11.2 Å². The molecule has 0 aliphatic heterocycles. The summed E-state index contributed by atoms with van der Waals surface area (Å²) in [4.78, 5) is 4.37. The zero-order valence-corrected chi connectivity index (χ0v) is 19.2. The summed E-state index contributed by atoms with van der Waals surface area (Å²) in [5, 5.41) is 21.1. The van der Waals surface area contributed by atoms with Crippen molar-refractivity contribution in [1.82, 2.24) is 20.4 Å². The summed E-state index contributed by atoms with van der Waals surface area (Å²) in [6.45, 7) is 2.44. The van der Waals surface area contributed by atoms with E-state index in [1.807, 2.05) is 30.3 Å². The fraction of sp³-hybridized carbons (Fsp3) is 0.542. The van der Waals surface area contributed by atoms with Crippen molar-refractivity contribution in [3.05, 3.63) is 41.6 Å². The molecule has 1 aliphatic carbocycles. The van der Waals surface area contributed by atoms with E-state index in [4.69, 9.17) is 10.5 Å². The molecule has 172 valence electrons. The van der Waals surface area contributed by atoms with E-state index in [2.05, 4.69) is 26.8 Å². The maximum absolute atomic E-state index is 9.56. The molecule has 0 amide bonds. The number of nitrogens with zero attached hydrogens (tertiary/aromatic N) is 4. The Labute approximate surface area is 190 Å². The molecular weight excluding hydrogens is 402 g/mol. The molecule has 0 atom stereocenters. The van der Waals surface area contributed by atoms with E-state index in [1.165, 1.54) is 25.7 Å². The highest BCUT2D eigenvalue weighted by Gasteiger charge is 2.33. The zero-order chi connectivity index (χ0) is 22.8. The molecule has 2 aromatic rings. The smallest absolute Gasteiger partial charge is 0.190 e. The van der Waals surface area contributed by atoms with Crippen LogP contribution >= 0.6 is 0 Å². The van der Waals surface area contributed by atoms with Crippen molar-refractivity contribution in [3.8, 4) is 11.8 Å². The first-order valence-corrected chi connectivity index (χ1v) is 11.4. The Bertz CT molecular complexity index is 924. The van der Waals surface area contributed by atoms with Crippen LogP contribution in [0, 0.1) is 16.7 Å². The Morgan fingerprint density at radius 3 is 2.69 bits per heavy atom. The monoisotopic (exact) mass is 437 g/mol. The molecule has 1 saturated carbocycles. The average Bonchev–Trinajstić information content (AvgIpc) is 3.42. The number of para-hydroxylation sites is 1. The van der Waals surface area contributed by atoms with Crippen LogP contribution in [0.15, 0.2) is 35.3 Å². The van der Waals surface area contributed by atoms with Gasteiger partial charge in [-0.05, 0) is 49.7 Å². The maximum Gasteiger partial charge on any atom is 0.190 e. The Kier molecular flexibility index (Phi) is 8.51. The molecule has 1 aliphatic rings.